The molecule has 0 amide bonds. The molecule has 0 aliphatic heterocycles. The number of H-pyrrole nitrogens is 1. The van der Waals surface area contributed by atoms with Gasteiger partial charge in [0.1, 0.15) is 11.5 Å². The van der Waals surface area contributed by atoms with Gasteiger partial charge in [0.05, 0.1) is 11.1 Å². The highest BCUT2D eigenvalue weighted by molar-refractivity contribution is 5.93. The first kappa shape index (κ1) is 14.2. The van der Waals surface area contributed by atoms with Crippen LogP contribution < -0.4 is 5.32 Å². The van der Waals surface area contributed by atoms with Gasteiger partial charge >= 0.3 is 0 Å². The molecular formula is C16H16N4O2. The Hall–Kier alpha value is -2.73. The van der Waals surface area contributed by atoms with Crippen molar-refractivity contribution in [3.63, 3.8) is 0 Å². The van der Waals surface area contributed by atoms with Gasteiger partial charge in [-0.3, -0.25) is 4.79 Å². The molecule has 3 rings (SSSR count). The Balaban J connectivity index is 2.08. The first-order chi connectivity index (χ1) is 10.8. The predicted molar refractivity (Wildman–Crippen MR) is 84.9 cm³/mol. The van der Waals surface area contributed by atoms with Crippen molar-refractivity contribution in [3.05, 3.63) is 42.1 Å². The molecule has 3 N–H and O–H groups in total. The molecule has 0 atom stereocenters. The number of fused-ring (bicyclic) bond motifs is 1. The summed E-state index contributed by atoms with van der Waals surface area (Å²) in [5.41, 5.74) is 1.97. The maximum Gasteiger partial charge on any atom is 0.166 e. The summed E-state index contributed by atoms with van der Waals surface area (Å²) in [6.07, 6.45) is 1.37. The molecule has 112 valence electrons. The van der Waals surface area contributed by atoms with E-state index in [-0.39, 0.29) is 6.61 Å². The SMILES string of the molecule is O=Cc1cc2c(NCCCO)nc(-c3ccccc3)nc2[nH]1. The highest BCUT2D eigenvalue weighted by atomic mass is 16.3. The smallest absolute Gasteiger partial charge is 0.166 e. The highest BCUT2D eigenvalue weighted by Gasteiger charge is 2.12. The molecule has 0 aliphatic carbocycles. The van der Waals surface area contributed by atoms with Crippen molar-refractivity contribution in [3.8, 4) is 11.4 Å². The lowest BCUT2D eigenvalue weighted by atomic mass is 10.2. The number of aromatic amines is 1. The number of hydrogen-bond acceptors (Lipinski definition) is 5. The van der Waals surface area contributed by atoms with Crippen LogP contribution >= 0.6 is 0 Å². The van der Waals surface area contributed by atoms with Gasteiger partial charge in [0.15, 0.2) is 12.1 Å². The van der Waals surface area contributed by atoms with Crippen molar-refractivity contribution in [2.24, 2.45) is 0 Å². The Bertz CT molecular complexity index is 783. The van der Waals surface area contributed by atoms with E-state index in [2.05, 4.69) is 20.3 Å². The van der Waals surface area contributed by atoms with Gasteiger partial charge in [0.25, 0.3) is 0 Å². The van der Waals surface area contributed by atoms with E-state index >= 15 is 0 Å². The third-order valence-electron chi connectivity index (χ3n) is 3.29. The normalized spacial score (nSPS) is 10.8. The molecule has 0 saturated heterocycles. The molecule has 0 unspecified atom stereocenters. The number of carbonyl (C=O) groups is 1. The molecule has 0 spiro atoms. The number of nitrogens with zero attached hydrogens (tertiary/aromatic N) is 2. The fourth-order valence-corrected chi connectivity index (χ4v) is 2.23. The number of aliphatic hydroxyl groups is 1. The van der Waals surface area contributed by atoms with Gasteiger partial charge < -0.3 is 15.4 Å². The fourth-order valence-electron chi connectivity index (χ4n) is 2.23. The van der Waals surface area contributed by atoms with Crippen molar-refractivity contribution < 1.29 is 9.90 Å². The minimum Gasteiger partial charge on any atom is -0.396 e. The number of rotatable bonds is 6. The van der Waals surface area contributed by atoms with Crippen molar-refractivity contribution in [2.75, 3.05) is 18.5 Å². The van der Waals surface area contributed by atoms with Crippen molar-refractivity contribution in [1.29, 1.82) is 0 Å². The maximum atomic E-state index is 11.0. The standard InChI is InChI=1S/C16H16N4O2/c21-8-4-7-17-15-13-9-12(10-22)18-16(13)20-14(19-15)11-5-2-1-3-6-11/h1-3,5-6,9-10,21H,4,7-8H2,(H2,17,18,19,20). The number of benzene rings is 1. The summed E-state index contributed by atoms with van der Waals surface area (Å²) in [7, 11) is 0. The maximum absolute atomic E-state index is 11.0. The van der Waals surface area contributed by atoms with E-state index < -0.39 is 0 Å². The number of carbonyl (C=O) groups excluding carboxylic acids is 1. The average Bonchev–Trinajstić information content (AvgIpc) is 2.99. The van der Waals surface area contributed by atoms with Gasteiger partial charge in [-0.2, -0.15) is 0 Å². The van der Waals surface area contributed by atoms with E-state index in [4.69, 9.17) is 5.11 Å². The van der Waals surface area contributed by atoms with Gasteiger partial charge in [-0.1, -0.05) is 30.3 Å². The summed E-state index contributed by atoms with van der Waals surface area (Å²) < 4.78 is 0. The van der Waals surface area contributed by atoms with Gasteiger partial charge in [0.2, 0.25) is 0 Å². The molecule has 2 heterocycles. The molecule has 0 bridgehead atoms. The van der Waals surface area contributed by atoms with Gasteiger partial charge in [0, 0.05) is 18.7 Å². The Morgan fingerprint density at radius 3 is 2.77 bits per heavy atom. The Labute approximate surface area is 127 Å². The number of anilines is 1. The van der Waals surface area contributed by atoms with Crippen LogP contribution in [0.3, 0.4) is 0 Å². The third-order valence-corrected chi connectivity index (χ3v) is 3.29. The Morgan fingerprint density at radius 2 is 2.05 bits per heavy atom. The van der Waals surface area contributed by atoms with Crippen LogP contribution in [0.1, 0.15) is 16.9 Å². The summed E-state index contributed by atoms with van der Waals surface area (Å²) >= 11 is 0. The molecule has 22 heavy (non-hydrogen) atoms. The molecule has 1 aromatic carbocycles. The summed E-state index contributed by atoms with van der Waals surface area (Å²) in [6, 6.07) is 11.4. The number of nitrogens with one attached hydrogen (secondary N) is 2. The second-order valence-electron chi connectivity index (χ2n) is 4.87. The minimum atomic E-state index is 0.111. The first-order valence-electron chi connectivity index (χ1n) is 7.08. The van der Waals surface area contributed by atoms with Crippen molar-refractivity contribution >= 4 is 23.1 Å². The average molecular weight is 296 g/mol. The van der Waals surface area contributed by atoms with Crippen molar-refractivity contribution in [2.45, 2.75) is 6.42 Å². The number of aromatic nitrogens is 3. The largest absolute Gasteiger partial charge is 0.396 e. The summed E-state index contributed by atoms with van der Waals surface area (Å²) in [4.78, 5) is 23.0. The van der Waals surface area contributed by atoms with Crippen LogP contribution in [0.25, 0.3) is 22.4 Å². The number of aldehydes is 1. The van der Waals surface area contributed by atoms with Crippen LogP contribution in [0.2, 0.25) is 0 Å². The number of aliphatic hydroxyl groups excluding tert-OH is 1. The Morgan fingerprint density at radius 1 is 1.23 bits per heavy atom. The molecule has 6 nitrogen and oxygen atoms in total. The van der Waals surface area contributed by atoms with Crippen LogP contribution in [0.4, 0.5) is 5.82 Å². The van der Waals surface area contributed by atoms with E-state index in [9.17, 15) is 4.79 Å². The van der Waals surface area contributed by atoms with E-state index in [0.29, 0.717) is 35.9 Å². The zero-order valence-electron chi connectivity index (χ0n) is 11.9. The monoisotopic (exact) mass is 296 g/mol. The predicted octanol–water partition coefficient (Wildman–Crippen LogP) is 2.23. The van der Waals surface area contributed by atoms with E-state index in [1.807, 2.05) is 30.3 Å². The zero-order chi connectivity index (χ0) is 15.4. The first-order valence-corrected chi connectivity index (χ1v) is 7.08. The van der Waals surface area contributed by atoms with Crippen molar-refractivity contribution in [1.82, 2.24) is 15.0 Å². The fraction of sp³-hybridized carbons (Fsp3) is 0.188. The topological polar surface area (TPSA) is 90.9 Å². The van der Waals surface area contributed by atoms with Gasteiger partial charge in [-0.05, 0) is 12.5 Å². The van der Waals surface area contributed by atoms with Crippen LogP contribution in [0.5, 0.6) is 0 Å². The zero-order valence-corrected chi connectivity index (χ0v) is 11.9. The molecule has 0 fully saturated rings. The van der Waals surface area contributed by atoms with Crippen LogP contribution in [0, 0.1) is 0 Å². The summed E-state index contributed by atoms with van der Waals surface area (Å²) in [6.45, 7) is 0.706. The summed E-state index contributed by atoms with van der Waals surface area (Å²) in [5, 5.41) is 12.9. The van der Waals surface area contributed by atoms with E-state index in [1.54, 1.807) is 6.07 Å². The van der Waals surface area contributed by atoms with Crippen LogP contribution in [0.15, 0.2) is 36.4 Å². The molecule has 0 aliphatic rings. The van der Waals surface area contributed by atoms with Gasteiger partial charge in [-0.25, -0.2) is 9.97 Å². The molecule has 6 heteroatoms. The molecule has 3 aromatic rings. The van der Waals surface area contributed by atoms with E-state index in [0.717, 1.165) is 17.2 Å². The summed E-state index contributed by atoms with van der Waals surface area (Å²) in [5.74, 6) is 1.24. The second kappa shape index (κ2) is 6.36. The van der Waals surface area contributed by atoms with Gasteiger partial charge in [-0.15, -0.1) is 0 Å². The number of hydrogen-bond donors (Lipinski definition) is 3. The van der Waals surface area contributed by atoms with E-state index in [1.165, 1.54) is 0 Å². The lowest BCUT2D eigenvalue weighted by molar-refractivity contribution is 0.111. The molecular weight excluding hydrogens is 280 g/mol. The minimum absolute atomic E-state index is 0.111. The highest BCUT2D eigenvalue weighted by Crippen LogP contribution is 2.25. The van der Waals surface area contributed by atoms with Crippen LogP contribution in [-0.4, -0.2) is 39.5 Å². The Kier molecular flexibility index (Phi) is 4.11. The molecule has 0 radical (unpaired) electrons. The second-order valence-corrected chi connectivity index (χ2v) is 4.87. The quantitative estimate of drug-likeness (QED) is 0.479. The lowest BCUT2D eigenvalue weighted by Gasteiger charge is -2.08. The molecule has 0 saturated carbocycles. The third kappa shape index (κ3) is 2.82. The lowest BCUT2D eigenvalue weighted by Crippen LogP contribution is -2.06. The van der Waals surface area contributed by atoms with Crippen LogP contribution in [-0.2, 0) is 0 Å². The molecule has 2 aromatic heterocycles.